The molecule has 0 amide bonds. The van der Waals surface area contributed by atoms with Gasteiger partial charge < -0.3 is 0 Å². The van der Waals surface area contributed by atoms with Crippen molar-refractivity contribution in [3.63, 3.8) is 0 Å². The van der Waals surface area contributed by atoms with Crippen LogP contribution in [0.5, 0.6) is 0 Å². The molecule has 0 heterocycles. The van der Waals surface area contributed by atoms with Gasteiger partial charge in [0.25, 0.3) is 0 Å². The van der Waals surface area contributed by atoms with E-state index in [0.29, 0.717) is 5.84 Å². The van der Waals surface area contributed by atoms with E-state index in [1.54, 1.807) is 13.2 Å². The molecule has 0 spiro atoms. The molecule has 0 atom stereocenters. The number of nitriles is 1. The van der Waals surface area contributed by atoms with E-state index in [0.717, 1.165) is 0 Å². The highest BCUT2D eigenvalue weighted by molar-refractivity contribution is 6.28. The third-order valence-electron chi connectivity index (χ3n) is 0.597. The van der Waals surface area contributed by atoms with E-state index >= 15 is 0 Å². The lowest BCUT2D eigenvalue weighted by atomic mass is 10.7. The fraction of sp³-hybridized carbons (Fsp3) is 0.500. The van der Waals surface area contributed by atoms with Crippen LogP contribution in [0.15, 0.2) is 4.99 Å². The van der Waals surface area contributed by atoms with Crippen LogP contribution in [-0.4, -0.2) is 18.8 Å². The fourth-order valence-electron chi connectivity index (χ4n) is 0.214. The van der Waals surface area contributed by atoms with Gasteiger partial charge in [-0.15, -0.1) is 11.6 Å². The van der Waals surface area contributed by atoms with Gasteiger partial charge >= 0.3 is 0 Å². The Morgan fingerprint density at radius 2 is 2.62 bits per heavy atom. The zero-order valence-corrected chi connectivity index (χ0v) is 5.24. The molecule has 0 saturated carbocycles. The summed E-state index contributed by atoms with van der Waals surface area (Å²) in [7, 11) is 1.57. The first-order valence-electron chi connectivity index (χ1n) is 2.02. The van der Waals surface area contributed by atoms with Crippen LogP contribution in [0.25, 0.3) is 0 Å². The molecule has 4 heteroatoms. The number of hydrogen-bond acceptors (Lipinski definition) is 2. The Hall–Kier alpha value is -0.750. The molecule has 3 nitrogen and oxygen atoms in total. The summed E-state index contributed by atoms with van der Waals surface area (Å²) < 4.78 is 0. The van der Waals surface area contributed by atoms with E-state index in [9.17, 15) is 0 Å². The van der Waals surface area contributed by atoms with Crippen molar-refractivity contribution < 1.29 is 0 Å². The summed E-state index contributed by atoms with van der Waals surface area (Å²) in [5.74, 6) is 0.749. The van der Waals surface area contributed by atoms with Gasteiger partial charge in [-0.1, -0.05) is 0 Å². The predicted octanol–water partition coefficient (Wildman–Crippen LogP) is 0.324. The fourth-order valence-corrected chi connectivity index (χ4v) is 0.400. The SMILES string of the molecule is CN=C(CCl)NC#N. The number of nitrogens with zero attached hydrogens (tertiary/aromatic N) is 2. The standard InChI is InChI=1S/C4H6ClN3/c1-7-4(2-5)8-3-6/h2H2,1H3,(H,7,8). The van der Waals surface area contributed by atoms with Crippen LogP contribution < -0.4 is 5.32 Å². The first-order chi connectivity index (χ1) is 3.85. The second kappa shape index (κ2) is 4.41. The van der Waals surface area contributed by atoms with Crippen LogP contribution in [0.2, 0.25) is 0 Å². The van der Waals surface area contributed by atoms with E-state index in [1.165, 1.54) is 0 Å². The molecule has 0 radical (unpaired) electrons. The molecule has 0 aromatic carbocycles. The molecule has 0 bridgehead atoms. The number of alkyl halides is 1. The third kappa shape index (κ3) is 2.43. The lowest BCUT2D eigenvalue weighted by Crippen LogP contribution is -2.18. The number of halogens is 1. The second-order valence-electron chi connectivity index (χ2n) is 1.04. The molecule has 0 aliphatic rings. The normalized spacial score (nSPS) is 10.4. The quantitative estimate of drug-likeness (QED) is 0.183. The van der Waals surface area contributed by atoms with Gasteiger partial charge in [0.05, 0.1) is 5.88 Å². The van der Waals surface area contributed by atoms with Crippen molar-refractivity contribution in [2.75, 3.05) is 12.9 Å². The molecule has 0 aliphatic heterocycles. The van der Waals surface area contributed by atoms with Gasteiger partial charge in [-0.05, 0) is 0 Å². The van der Waals surface area contributed by atoms with Gasteiger partial charge in [-0.2, -0.15) is 5.26 Å². The molecule has 1 N–H and O–H groups in total. The molecule has 0 fully saturated rings. The topological polar surface area (TPSA) is 48.2 Å². The monoisotopic (exact) mass is 131 g/mol. The van der Waals surface area contributed by atoms with Crippen molar-refractivity contribution >= 4 is 17.4 Å². The van der Waals surface area contributed by atoms with Gasteiger partial charge in [-0.3, -0.25) is 10.3 Å². The summed E-state index contributed by atoms with van der Waals surface area (Å²) in [6.07, 6.45) is 1.70. The average molecular weight is 132 g/mol. The highest BCUT2D eigenvalue weighted by atomic mass is 35.5. The largest absolute Gasteiger partial charge is 0.280 e. The smallest absolute Gasteiger partial charge is 0.182 e. The first kappa shape index (κ1) is 7.25. The Bertz CT molecular complexity index is 124. The molecule has 8 heavy (non-hydrogen) atoms. The average Bonchev–Trinajstić information content (AvgIpc) is 1.83. The minimum atomic E-state index is 0.254. The zero-order chi connectivity index (χ0) is 6.41. The second-order valence-corrected chi connectivity index (χ2v) is 1.31. The molecular weight excluding hydrogens is 126 g/mol. The van der Waals surface area contributed by atoms with Crippen LogP contribution in [0.4, 0.5) is 0 Å². The minimum Gasteiger partial charge on any atom is -0.280 e. The molecule has 0 unspecified atom stereocenters. The molecule has 44 valence electrons. The van der Waals surface area contributed by atoms with Crippen LogP contribution in [0.3, 0.4) is 0 Å². The number of amidine groups is 1. The van der Waals surface area contributed by atoms with Crippen molar-refractivity contribution in [1.82, 2.24) is 5.32 Å². The van der Waals surface area contributed by atoms with Crippen LogP contribution in [0, 0.1) is 11.5 Å². The maximum absolute atomic E-state index is 8.00. The highest BCUT2D eigenvalue weighted by Crippen LogP contribution is 1.75. The molecule has 0 aromatic rings. The summed E-state index contributed by atoms with van der Waals surface area (Å²) in [6.45, 7) is 0. The Balaban J connectivity index is 3.59. The highest BCUT2D eigenvalue weighted by Gasteiger charge is 1.88. The van der Waals surface area contributed by atoms with E-state index in [-0.39, 0.29) is 5.88 Å². The van der Waals surface area contributed by atoms with Crippen molar-refractivity contribution in [3.05, 3.63) is 0 Å². The van der Waals surface area contributed by atoms with Gasteiger partial charge in [0.15, 0.2) is 6.19 Å². The summed E-state index contributed by atoms with van der Waals surface area (Å²) in [4.78, 5) is 3.65. The summed E-state index contributed by atoms with van der Waals surface area (Å²) in [5.41, 5.74) is 0. The summed E-state index contributed by atoms with van der Waals surface area (Å²) in [6, 6.07) is 0. The van der Waals surface area contributed by atoms with Crippen molar-refractivity contribution in [1.29, 1.82) is 5.26 Å². The Labute approximate surface area is 53.0 Å². The lowest BCUT2D eigenvalue weighted by Gasteiger charge is -1.91. The number of rotatable bonds is 1. The molecule has 0 aliphatic carbocycles. The Morgan fingerprint density at radius 3 is 2.75 bits per heavy atom. The Kier molecular flexibility index (Phi) is 4.00. The number of hydrogen-bond donors (Lipinski definition) is 1. The van der Waals surface area contributed by atoms with Gasteiger partial charge in [0.2, 0.25) is 0 Å². The third-order valence-corrected chi connectivity index (χ3v) is 0.850. The van der Waals surface area contributed by atoms with Crippen molar-refractivity contribution in [2.24, 2.45) is 4.99 Å². The minimum absolute atomic E-state index is 0.254. The molecule has 0 saturated heterocycles. The van der Waals surface area contributed by atoms with Crippen molar-refractivity contribution in [2.45, 2.75) is 0 Å². The zero-order valence-electron chi connectivity index (χ0n) is 4.48. The van der Waals surface area contributed by atoms with Crippen molar-refractivity contribution in [3.8, 4) is 6.19 Å². The summed E-state index contributed by atoms with van der Waals surface area (Å²) >= 11 is 5.30. The van der Waals surface area contributed by atoms with E-state index < -0.39 is 0 Å². The van der Waals surface area contributed by atoms with E-state index in [4.69, 9.17) is 16.9 Å². The Morgan fingerprint density at radius 1 is 2.00 bits per heavy atom. The van der Waals surface area contributed by atoms with Gasteiger partial charge in [0.1, 0.15) is 5.84 Å². The summed E-state index contributed by atoms with van der Waals surface area (Å²) in [5, 5.41) is 10.3. The maximum Gasteiger partial charge on any atom is 0.182 e. The molecule has 0 aromatic heterocycles. The lowest BCUT2D eigenvalue weighted by molar-refractivity contribution is 1.21. The van der Waals surface area contributed by atoms with Crippen LogP contribution >= 0.6 is 11.6 Å². The van der Waals surface area contributed by atoms with Crippen LogP contribution in [-0.2, 0) is 0 Å². The predicted molar refractivity (Wildman–Crippen MR) is 32.8 cm³/mol. The van der Waals surface area contributed by atoms with Gasteiger partial charge in [0, 0.05) is 7.05 Å². The maximum atomic E-state index is 8.00. The first-order valence-corrected chi connectivity index (χ1v) is 2.55. The van der Waals surface area contributed by atoms with E-state index in [2.05, 4.69) is 10.3 Å². The molecular formula is C4H6ClN3. The molecule has 0 rings (SSSR count). The number of aliphatic imine (C=N–C) groups is 1. The van der Waals surface area contributed by atoms with E-state index in [1.807, 2.05) is 0 Å². The van der Waals surface area contributed by atoms with Crippen LogP contribution in [0.1, 0.15) is 0 Å². The number of nitrogens with one attached hydrogen (secondary N) is 1. The van der Waals surface area contributed by atoms with Gasteiger partial charge in [-0.25, -0.2) is 0 Å².